The van der Waals surface area contributed by atoms with Crippen LogP contribution in [-0.2, 0) is 13.1 Å². The monoisotopic (exact) mass is 277 g/mol. The fourth-order valence-corrected chi connectivity index (χ4v) is 3.31. The van der Waals surface area contributed by atoms with Gasteiger partial charge in [0.05, 0.1) is 11.4 Å². The Hall–Kier alpha value is -2.26. The summed E-state index contributed by atoms with van der Waals surface area (Å²) < 4.78 is 0. The van der Waals surface area contributed by atoms with Crippen molar-refractivity contribution >= 4 is 11.3 Å². The molecule has 3 heterocycles. The van der Waals surface area contributed by atoms with E-state index in [-0.39, 0.29) is 0 Å². The number of nitrogens with zero attached hydrogens (tertiary/aromatic N) is 2. The van der Waals surface area contributed by atoms with Gasteiger partial charge in [-0.3, -0.25) is 4.90 Å². The predicted octanol–water partition coefficient (Wildman–Crippen LogP) is 3.27. The summed E-state index contributed by atoms with van der Waals surface area (Å²) >= 11 is 0. The van der Waals surface area contributed by atoms with Crippen molar-refractivity contribution in [3.63, 3.8) is 0 Å². The first-order chi connectivity index (χ1) is 10.1. The lowest BCUT2D eigenvalue weighted by Gasteiger charge is -2.25. The summed E-state index contributed by atoms with van der Waals surface area (Å²) in [4.78, 5) is 7.74. The van der Waals surface area contributed by atoms with Crippen LogP contribution < -0.4 is 0 Å². The summed E-state index contributed by atoms with van der Waals surface area (Å²) in [5, 5.41) is 0. The second kappa shape index (κ2) is 4.37. The first-order valence-electron chi connectivity index (χ1n) is 7.26. The topological polar surface area (TPSA) is 22.3 Å². The molecule has 0 aliphatic carbocycles. The lowest BCUT2D eigenvalue weighted by atomic mass is 9.93. The highest BCUT2D eigenvalue weighted by molar-refractivity contribution is 5.89. The van der Waals surface area contributed by atoms with E-state index in [0.717, 1.165) is 24.5 Å². The molecule has 0 saturated heterocycles. The Morgan fingerprint density at radius 2 is 1.90 bits per heavy atom. The van der Waals surface area contributed by atoms with Crippen molar-refractivity contribution in [3.8, 4) is 0 Å². The van der Waals surface area contributed by atoms with Crippen LogP contribution in [0.4, 0.5) is 0 Å². The standard InChI is InChI=1S/C18H19N3/c1-12-18-16(6-7-19-18)17(11-21(12)3)13-4-5-14-9-20(2)10-15(14)8-13/h4-8,11,19H,1,9-10H2,2-3H3. The van der Waals surface area contributed by atoms with Gasteiger partial charge in [0.2, 0.25) is 0 Å². The van der Waals surface area contributed by atoms with E-state index in [2.05, 4.69) is 58.9 Å². The van der Waals surface area contributed by atoms with Crippen molar-refractivity contribution in [3.05, 3.63) is 71.2 Å². The number of aromatic nitrogens is 1. The first-order valence-corrected chi connectivity index (χ1v) is 7.26. The SMILES string of the molecule is C=C1c2[nH]ccc2C(c2ccc3c(c2)CN(C)C3)=CN1C. The summed E-state index contributed by atoms with van der Waals surface area (Å²) in [5.41, 5.74) is 8.81. The molecule has 2 aromatic rings. The Bertz CT molecular complexity index is 767. The lowest BCUT2D eigenvalue weighted by Crippen LogP contribution is -2.15. The van der Waals surface area contributed by atoms with Gasteiger partial charge in [-0.2, -0.15) is 0 Å². The van der Waals surface area contributed by atoms with E-state index in [1.165, 1.54) is 27.8 Å². The third kappa shape index (κ3) is 1.85. The van der Waals surface area contributed by atoms with E-state index < -0.39 is 0 Å². The molecule has 0 radical (unpaired) electrons. The molecule has 0 atom stereocenters. The second-order valence-electron chi connectivity index (χ2n) is 6.02. The number of aromatic amines is 1. The Kier molecular flexibility index (Phi) is 2.59. The summed E-state index contributed by atoms with van der Waals surface area (Å²) in [6, 6.07) is 8.98. The van der Waals surface area contributed by atoms with Crippen LogP contribution in [-0.4, -0.2) is 28.9 Å². The zero-order valence-corrected chi connectivity index (χ0v) is 12.5. The normalized spacial score (nSPS) is 17.7. The number of fused-ring (bicyclic) bond motifs is 2. The molecule has 1 aromatic carbocycles. The van der Waals surface area contributed by atoms with Crippen molar-refractivity contribution in [1.29, 1.82) is 0 Å². The molecular formula is C18H19N3. The minimum Gasteiger partial charge on any atom is -0.359 e. The number of hydrogen-bond acceptors (Lipinski definition) is 2. The highest BCUT2D eigenvalue weighted by Crippen LogP contribution is 2.36. The second-order valence-corrected chi connectivity index (χ2v) is 6.02. The van der Waals surface area contributed by atoms with Crippen LogP contribution in [0.2, 0.25) is 0 Å². The van der Waals surface area contributed by atoms with Crippen molar-refractivity contribution in [2.75, 3.05) is 14.1 Å². The highest BCUT2D eigenvalue weighted by atomic mass is 15.1. The molecule has 3 heteroatoms. The third-order valence-electron chi connectivity index (χ3n) is 4.47. The number of rotatable bonds is 1. The van der Waals surface area contributed by atoms with Gasteiger partial charge >= 0.3 is 0 Å². The average Bonchev–Trinajstić information content (AvgIpc) is 3.07. The van der Waals surface area contributed by atoms with Crippen molar-refractivity contribution in [2.45, 2.75) is 13.1 Å². The minimum atomic E-state index is 1.01. The Balaban J connectivity index is 1.83. The molecule has 21 heavy (non-hydrogen) atoms. The van der Waals surface area contributed by atoms with Crippen molar-refractivity contribution in [1.82, 2.24) is 14.8 Å². The maximum atomic E-state index is 4.15. The molecular weight excluding hydrogens is 258 g/mol. The van der Waals surface area contributed by atoms with Crippen molar-refractivity contribution in [2.24, 2.45) is 0 Å². The number of benzene rings is 1. The average molecular weight is 277 g/mol. The van der Waals surface area contributed by atoms with E-state index in [9.17, 15) is 0 Å². The van der Waals surface area contributed by atoms with Crippen LogP contribution >= 0.6 is 0 Å². The van der Waals surface area contributed by atoms with Crippen LogP contribution in [0.15, 0.2) is 43.2 Å². The molecule has 4 rings (SSSR count). The summed E-state index contributed by atoms with van der Waals surface area (Å²) in [5.74, 6) is 0. The minimum absolute atomic E-state index is 1.01. The van der Waals surface area contributed by atoms with E-state index in [1.807, 2.05) is 13.2 Å². The number of H-pyrrole nitrogens is 1. The van der Waals surface area contributed by atoms with E-state index in [0.29, 0.717) is 0 Å². The molecule has 3 nitrogen and oxygen atoms in total. The molecule has 0 fully saturated rings. The summed E-state index contributed by atoms with van der Waals surface area (Å²) in [7, 11) is 4.22. The number of hydrogen-bond donors (Lipinski definition) is 1. The largest absolute Gasteiger partial charge is 0.359 e. The van der Waals surface area contributed by atoms with Gasteiger partial charge in [-0.05, 0) is 35.9 Å². The van der Waals surface area contributed by atoms with Gasteiger partial charge < -0.3 is 9.88 Å². The number of nitrogens with one attached hydrogen (secondary N) is 1. The molecule has 1 aromatic heterocycles. The molecule has 0 bridgehead atoms. The maximum Gasteiger partial charge on any atom is 0.0695 e. The van der Waals surface area contributed by atoms with Gasteiger partial charge in [-0.25, -0.2) is 0 Å². The highest BCUT2D eigenvalue weighted by Gasteiger charge is 2.22. The molecule has 106 valence electrons. The molecule has 0 saturated carbocycles. The van der Waals surface area contributed by atoms with E-state index in [1.54, 1.807) is 0 Å². The van der Waals surface area contributed by atoms with Gasteiger partial charge in [0.25, 0.3) is 0 Å². The zero-order chi connectivity index (χ0) is 14.6. The van der Waals surface area contributed by atoms with Gasteiger partial charge in [0, 0.05) is 43.7 Å². The Morgan fingerprint density at radius 1 is 1.10 bits per heavy atom. The maximum absolute atomic E-state index is 4.15. The predicted molar refractivity (Wildman–Crippen MR) is 86.3 cm³/mol. The van der Waals surface area contributed by atoms with Crippen LogP contribution in [0.1, 0.15) is 27.9 Å². The molecule has 2 aliphatic heterocycles. The fourth-order valence-electron chi connectivity index (χ4n) is 3.31. The van der Waals surface area contributed by atoms with Gasteiger partial charge in [-0.15, -0.1) is 0 Å². The molecule has 2 aliphatic rings. The van der Waals surface area contributed by atoms with Crippen molar-refractivity contribution < 1.29 is 0 Å². The summed E-state index contributed by atoms with van der Waals surface area (Å²) in [6.07, 6.45) is 4.17. The Labute approximate surface area is 125 Å². The summed E-state index contributed by atoms with van der Waals surface area (Å²) in [6.45, 7) is 6.25. The quantitative estimate of drug-likeness (QED) is 0.864. The lowest BCUT2D eigenvalue weighted by molar-refractivity contribution is 0.353. The zero-order valence-electron chi connectivity index (χ0n) is 12.5. The first kappa shape index (κ1) is 12.5. The van der Waals surface area contributed by atoms with Gasteiger partial charge in [0.15, 0.2) is 0 Å². The molecule has 1 N–H and O–H groups in total. The molecule has 0 unspecified atom stereocenters. The third-order valence-corrected chi connectivity index (χ3v) is 4.47. The van der Waals surface area contributed by atoms with E-state index >= 15 is 0 Å². The molecule has 0 spiro atoms. The van der Waals surface area contributed by atoms with Crippen LogP contribution in [0.5, 0.6) is 0 Å². The van der Waals surface area contributed by atoms with Crippen LogP contribution in [0.3, 0.4) is 0 Å². The Morgan fingerprint density at radius 3 is 2.76 bits per heavy atom. The van der Waals surface area contributed by atoms with E-state index in [4.69, 9.17) is 0 Å². The van der Waals surface area contributed by atoms with Crippen LogP contribution in [0, 0.1) is 0 Å². The molecule has 0 amide bonds. The van der Waals surface area contributed by atoms with Gasteiger partial charge in [0.1, 0.15) is 0 Å². The van der Waals surface area contributed by atoms with Crippen LogP contribution in [0.25, 0.3) is 11.3 Å². The smallest absolute Gasteiger partial charge is 0.0695 e. The van der Waals surface area contributed by atoms with Gasteiger partial charge in [-0.1, -0.05) is 18.7 Å². The fraction of sp³-hybridized carbons (Fsp3) is 0.222.